The summed E-state index contributed by atoms with van der Waals surface area (Å²) < 4.78 is -0.481. The lowest BCUT2D eigenvalue weighted by atomic mass is 9.94. The van der Waals surface area contributed by atoms with Crippen LogP contribution in [0.4, 0.5) is 0 Å². The zero-order chi connectivity index (χ0) is 32.3. The van der Waals surface area contributed by atoms with Gasteiger partial charge in [0.2, 0.25) is 0 Å². The number of carboxylic acids is 3. The van der Waals surface area contributed by atoms with Gasteiger partial charge in [-0.3, -0.25) is 4.48 Å². The number of carbonyl (C=O) groups is 3. The molecule has 3 unspecified atom stereocenters. The van der Waals surface area contributed by atoms with E-state index in [1.54, 1.807) is 20.8 Å². The summed E-state index contributed by atoms with van der Waals surface area (Å²) in [7, 11) is 0. The third-order valence-corrected chi connectivity index (χ3v) is 9.30. The van der Waals surface area contributed by atoms with E-state index in [-0.39, 0.29) is 25.8 Å². The number of allylic oxidation sites excluding steroid dienone is 2. The van der Waals surface area contributed by atoms with E-state index in [9.17, 15) is 29.7 Å². The summed E-state index contributed by atoms with van der Waals surface area (Å²) >= 11 is 0. The first-order valence-corrected chi connectivity index (χ1v) is 17.9. The Balaban J connectivity index is 4.35. The lowest BCUT2D eigenvalue weighted by molar-refractivity contribution is -0.974. The Morgan fingerprint density at radius 2 is 0.860 bits per heavy atom. The number of hydrogen-bond donors (Lipinski definition) is 2. The van der Waals surface area contributed by atoms with Crippen LogP contribution in [0.5, 0.6) is 0 Å². The summed E-state index contributed by atoms with van der Waals surface area (Å²) in [5, 5.41) is 32.2. The standard InChI is InChI=1S/C36H67NO6/c1-5-9-10-11-12-13-14-15-16-17-18-19-20-21-22-23-24-25-26-27-28-29-30-37(31(6-2)34(38)39,32(7-3)35(40)41)33(8-4)36(42)43/h24-25,31-33H,5-23,26-30H2,1-4H3,(H2-,38,39,40,41,42,43)/b25-24+. The number of carbonyl (C=O) groups excluding carboxylic acids is 1. The summed E-state index contributed by atoms with van der Waals surface area (Å²) in [6, 6.07) is -3.41. The van der Waals surface area contributed by atoms with Crippen LogP contribution in [0.25, 0.3) is 0 Å². The highest BCUT2D eigenvalue weighted by Gasteiger charge is 2.53. The van der Waals surface area contributed by atoms with Gasteiger partial charge in [-0.05, 0) is 38.5 Å². The molecule has 0 saturated carbocycles. The summed E-state index contributed by atoms with van der Waals surface area (Å²) in [5.74, 6) is -3.67. The molecular formula is C36H67NO6. The van der Waals surface area contributed by atoms with Crippen LogP contribution in [0.2, 0.25) is 0 Å². The smallest absolute Gasteiger partial charge is 0.362 e. The van der Waals surface area contributed by atoms with E-state index < -0.39 is 40.5 Å². The topological polar surface area (TPSA) is 115 Å². The third kappa shape index (κ3) is 16.7. The summed E-state index contributed by atoms with van der Waals surface area (Å²) in [5.41, 5.74) is 0. The van der Waals surface area contributed by atoms with Gasteiger partial charge in [0.1, 0.15) is 6.04 Å². The van der Waals surface area contributed by atoms with Gasteiger partial charge < -0.3 is 20.1 Å². The van der Waals surface area contributed by atoms with Crippen molar-refractivity contribution < 1.29 is 34.2 Å². The van der Waals surface area contributed by atoms with Crippen LogP contribution < -0.4 is 5.11 Å². The van der Waals surface area contributed by atoms with Gasteiger partial charge in [0.15, 0.2) is 12.1 Å². The number of hydrogen-bond acceptors (Lipinski definition) is 4. The van der Waals surface area contributed by atoms with E-state index in [4.69, 9.17) is 0 Å². The molecule has 252 valence electrons. The molecule has 3 atom stereocenters. The quantitative estimate of drug-likeness (QED) is 0.0463. The van der Waals surface area contributed by atoms with Gasteiger partial charge in [-0.1, -0.05) is 130 Å². The van der Waals surface area contributed by atoms with Gasteiger partial charge in [0.25, 0.3) is 0 Å². The van der Waals surface area contributed by atoms with Gasteiger partial charge in [-0.25, -0.2) is 9.59 Å². The van der Waals surface area contributed by atoms with Crippen molar-refractivity contribution >= 4 is 17.9 Å². The molecule has 0 aromatic carbocycles. The first kappa shape index (κ1) is 41.1. The molecule has 0 radical (unpaired) electrons. The molecule has 7 heteroatoms. The Morgan fingerprint density at radius 3 is 1.16 bits per heavy atom. The normalized spacial score (nSPS) is 15.3. The molecule has 0 fully saturated rings. The number of unbranched alkanes of at least 4 members (excludes halogenated alkanes) is 18. The molecule has 0 aromatic rings. The van der Waals surface area contributed by atoms with Crippen LogP contribution >= 0.6 is 0 Å². The average Bonchev–Trinajstić information content (AvgIpc) is 2.96. The maximum Gasteiger partial charge on any atom is 0.362 e. The lowest BCUT2D eigenvalue weighted by Gasteiger charge is -2.51. The van der Waals surface area contributed by atoms with Crippen molar-refractivity contribution in [2.24, 2.45) is 0 Å². The molecule has 0 aliphatic carbocycles. The Morgan fingerprint density at radius 1 is 0.535 bits per heavy atom. The molecule has 0 aromatic heterocycles. The van der Waals surface area contributed by atoms with Crippen molar-refractivity contribution in [3.63, 3.8) is 0 Å². The molecule has 43 heavy (non-hydrogen) atoms. The Bertz CT molecular complexity index is 697. The molecule has 0 rings (SSSR count). The van der Waals surface area contributed by atoms with Crippen LogP contribution in [0.1, 0.15) is 175 Å². The summed E-state index contributed by atoms with van der Waals surface area (Å²) in [6.07, 6.45) is 29.7. The van der Waals surface area contributed by atoms with Crippen molar-refractivity contribution in [3.05, 3.63) is 12.2 Å². The average molecular weight is 610 g/mol. The first-order chi connectivity index (χ1) is 20.7. The highest BCUT2D eigenvalue weighted by molar-refractivity contribution is 5.77. The molecule has 0 bridgehead atoms. The van der Waals surface area contributed by atoms with E-state index in [2.05, 4.69) is 19.1 Å². The third-order valence-electron chi connectivity index (χ3n) is 9.30. The molecule has 0 aliphatic rings. The van der Waals surface area contributed by atoms with Crippen molar-refractivity contribution in [2.75, 3.05) is 6.54 Å². The van der Waals surface area contributed by atoms with Gasteiger partial charge in [-0.2, -0.15) is 0 Å². The molecule has 0 amide bonds. The minimum Gasteiger partial charge on any atom is -0.544 e. The first-order valence-electron chi connectivity index (χ1n) is 17.9. The van der Waals surface area contributed by atoms with Crippen LogP contribution in [-0.4, -0.2) is 57.3 Å². The lowest BCUT2D eigenvalue weighted by Crippen LogP contribution is -2.73. The van der Waals surface area contributed by atoms with Gasteiger partial charge in [0, 0.05) is 19.3 Å². The molecular weight excluding hydrogens is 542 g/mol. The number of aliphatic carboxylic acids is 3. The number of rotatable bonds is 31. The summed E-state index contributed by atoms with van der Waals surface area (Å²) in [4.78, 5) is 36.7. The molecule has 0 aliphatic heterocycles. The van der Waals surface area contributed by atoms with Crippen molar-refractivity contribution in [1.82, 2.24) is 0 Å². The van der Waals surface area contributed by atoms with E-state index in [1.807, 2.05) is 0 Å². The van der Waals surface area contributed by atoms with Crippen molar-refractivity contribution in [2.45, 2.75) is 193 Å². The fourth-order valence-corrected chi connectivity index (χ4v) is 6.96. The Hall–Kier alpha value is -1.89. The molecule has 0 heterocycles. The van der Waals surface area contributed by atoms with Crippen molar-refractivity contribution in [3.8, 4) is 0 Å². The highest BCUT2D eigenvalue weighted by Crippen LogP contribution is 2.32. The predicted molar refractivity (Wildman–Crippen MR) is 175 cm³/mol. The maximum absolute atomic E-state index is 12.3. The van der Waals surface area contributed by atoms with Crippen LogP contribution in [0.15, 0.2) is 12.2 Å². The monoisotopic (exact) mass is 609 g/mol. The maximum atomic E-state index is 12.3. The fourth-order valence-electron chi connectivity index (χ4n) is 6.96. The molecule has 0 saturated heterocycles. The molecule has 7 nitrogen and oxygen atoms in total. The Kier molecular flexibility index (Phi) is 25.3. The van der Waals surface area contributed by atoms with E-state index in [1.165, 1.54) is 96.3 Å². The van der Waals surface area contributed by atoms with Gasteiger partial charge in [-0.15, -0.1) is 0 Å². The molecule has 0 spiro atoms. The van der Waals surface area contributed by atoms with E-state index >= 15 is 0 Å². The number of quaternary nitrogens is 1. The zero-order valence-corrected chi connectivity index (χ0v) is 28.3. The predicted octanol–water partition coefficient (Wildman–Crippen LogP) is 8.44. The van der Waals surface area contributed by atoms with Crippen LogP contribution in [0.3, 0.4) is 0 Å². The second-order valence-corrected chi connectivity index (χ2v) is 12.5. The van der Waals surface area contributed by atoms with E-state index in [0.29, 0.717) is 6.42 Å². The summed E-state index contributed by atoms with van der Waals surface area (Å²) in [6.45, 7) is 7.51. The van der Waals surface area contributed by atoms with E-state index in [0.717, 1.165) is 25.7 Å². The Labute approximate surface area is 264 Å². The minimum atomic E-state index is -1.37. The second kappa shape index (κ2) is 26.5. The number of nitrogens with zero attached hydrogens (tertiary/aromatic N) is 1. The minimum absolute atomic E-state index is 0.123. The van der Waals surface area contributed by atoms with Gasteiger partial charge in [0.05, 0.1) is 12.5 Å². The fraction of sp³-hybridized carbons (Fsp3) is 0.861. The van der Waals surface area contributed by atoms with Crippen LogP contribution in [0, 0.1) is 0 Å². The van der Waals surface area contributed by atoms with Crippen molar-refractivity contribution in [1.29, 1.82) is 0 Å². The zero-order valence-electron chi connectivity index (χ0n) is 28.3. The van der Waals surface area contributed by atoms with Gasteiger partial charge >= 0.3 is 11.9 Å². The largest absolute Gasteiger partial charge is 0.544 e. The SMILES string of the molecule is CCCCCCCCCCCCCCCCC/C=C/CCCCC[N+](C(CC)C(=O)[O-])(C(CC)C(=O)O)C(CC)C(=O)O. The highest BCUT2D eigenvalue weighted by atomic mass is 16.4. The van der Waals surface area contributed by atoms with Crippen LogP contribution in [-0.2, 0) is 14.4 Å². The molecule has 2 N–H and O–H groups in total. The number of carboxylic acid groups (broad SMARTS) is 3. The second-order valence-electron chi connectivity index (χ2n) is 12.5.